The molecule has 0 aliphatic rings. The molecule has 1 heterocycles. The summed E-state index contributed by atoms with van der Waals surface area (Å²) in [5, 5.41) is 7.26. The van der Waals surface area contributed by atoms with Crippen LogP contribution in [0.15, 0.2) is 54.6 Å². The molecule has 0 saturated carbocycles. The number of hydrogen-bond donors (Lipinski definition) is 1. The second kappa shape index (κ2) is 7.58. The van der Waals surface area contributed by atoms with Gasteiger partial charge in [0.05, 0.1) is 28.7 Å². The van der Waals surface area contributed by atoms with Crippen LogP contribution in [0.5, 0.6) is 0 Å². The molecule has 0 saturated heterocycles. The smallest absolute Gasteiger partial charge is 0.293 e. The molecule has 0 spiro atoms. The first-order chi connectivity index (χ1) is 12.9. The summed E-state index contributed by atoms with van der Waals surface area (Å²) in [6.45, 7) is 7.41. The molecule has 27 heavy (non-hydrogen) atoms. The summed E-state index contributed by atoms with van der Waals surface area (Å²) in [5.74, 6) is -1.18. The van der Waals surface area contributed by atoms with Crippen LogP contribution in [0.2, 0.25) is 0 Å². The lowest BCUT2D eigenvalue weighted by atomic mass is 10.0. The number of benzene rings is 2. The number of carbonyl (C=O) groups excluding carboxylic acids is 2. The normalized spacial score (nSPS) is 11.9. The second-order valence-corrected chi connectivity index (χ2v) is 6.67. The van der Waals surface area contributed by atoms with Crippen molar-refractivity contribution in [1.82, 2.24) is 15.1 Å². The summed E-state index contributed by atoms with van der Waals surface area (Å²) in [6, 6.07) is 17.1. The van der Waals surface area contributed by atoms with Crippen LogP contribution in [0.1, 0.15) is 45.8 Å². The molecule has 0 bridgehead atoms. The van der Waals surface area contributed by atoms with Crippen LogP contribution < -0.4 is 5.32 Å². The van der Waals surface area contributed by atoms with Crippen molar-refractivity contribution in [3.8, 4) is 5.69 Å². The Labute approximate surface area is 159 Å². The van der Waals surface area contributed by atoms with Gasteiger partial charge in [0.25, 0.3) is 11.7 Å². The average Bonchev–Trinajstić information content (AvgIpc) is 2.96. The fraction of sp³-hybridized carbons (Fsp3) is 0.227. The highest BCUT2D eigenvalue weighted by Gasteiger charge is 2.26. The molecule has 5 nitrogen and oxygen atoms in total. The van der Waals surface area contributed by atoms with Crippen LogP contribution in [0.25, 0.3) is 5.69 Å². The molecule has 1 atom stereocenters. The number of hydrogen-bond acceptors (Lipinski definition) is 3. The Morgan fingerprint density at radius 1 is 0.963 bits per heavy atom. The number of Topliss-reactive ketones (excluding diaryl/α,β-unsaturated/α-hetero) is 1. The third-order valence-electron chi connectivity index (χ3n) is 4.73. The van der Waals surface area contributed by atoms with Crippen molar-refractivity contribution in [2.75, 3.05) is 0 Å². The lowest BCUT2D eigenvalue weighted by molar-refractivity contribution is -0.117. The predicted octanol–water partition coefficient (Wildman–Crippen LogP) is 3.86. The van der Waals surface area contributed by atoms with Crippen molar-refractivity contribution < 1.29 is 9.59 Å². The van der Waals surface area contributed by atoms with E-state index < -0.39 is 11.7 Å². The third-order valence-corrected chi connectivity index (χ3v) is 4.73. The molecule has 1 aromatic heterocycles. The van der Waals surface area contributed by atoms with Gasteiger partial charge < -0.3 is 5.32 Å². The maximum absolute atomic E-state index is 12.8. The van der Waals surface area contributed by atoms with Gasteiger partial charge in [-0.1, -0.05) is 42.5 Å². The maximum Gasteiger partial charge on any atom is 0.293 e. The quantitative estimate of drug-likeness (QED) is 0.554. The third kappa shape index (κ3) is 3.67. The van der Waals surface area contributed by atoms with Crippen LogP contribution in [0.4, 0.5) is 0 Å². The van der Waals surface area contributed by atoms with Gasteiger partial charge in [0, 0.05) is 0 Å². The standard InChI is InChI=1S/C22H23N3O2/c1-14-10-8-9-13-19(14)15(2)23-22(27)21(26)20-16(3)24-25(17(20)4)18-11-6-5-7-12-18/h5-13,15H,1-4H3,(H,23,27)/t15-/m1/s1. The summed E-state index contributed by atoms with van der Waals surface area (Å²) in [7, 11) is 0. The minimum absolute atomic E-state index is 0.257. The molecule has 5 heteroatoms. The molecule has 0 aliphatic carbocycles. The Kier molecular flexibility index (Phi) is 5.21. The number of aryl methyl sites for hydroxylation is 2. The van der Waals surface area contributed by atoms with Gasteiger partial charge in [-0.3, -0.25) is 9.59 Å². The van der Waals surface area contributed by atoms with Crippen LogP contribution in [0, 0.1) is 20.8 Å². The number of nitrogens with zero attached hydrogens (tertiary/aromatic N) is 2. The van der Waals surface area contributed by atoms with E-state index >= 15 is 0 Å². The molecule has 0 unspecified atom stereocenters. The number of amides is 1. The first-order valence-electron chi connectivity index (χ1n) is 8.92. The zero-order chi connectivity index (χ0) is 19.6. The highest BCUT2D eigenvalue weighted by molar-refractivity contribution is 6.43. The molecule has 0 fully saturated rings. The van der Waals surface area contributed by atoms with E-state index in [1.54, 1.807) is 18.5 Å². The Hall–Kier alpha value is -3.21. The Morgan fingerprint density at radius 2 is 1.59 bits per heavy atom. The number of rotatable bonds is 5. The van der Waals surface area contributed by atoms with E-state index in [2.05, 4.69) is 10.4 Å². The number of carbonyl (C=O) groups is 2. The van der Waals surface area contributed by atoms with E-state index in [0.717, 1.165) is 16.8 Å². The van der Waals surface area contributed by atoms with Gasteiger partial charge in [0.2, 0.25) is 0 Å². The molecule has 0 radical (unpaired) electrons. The Bertz CT molecular complexity index is 990. The molecule has 1 N–H and O–H groups in total. The van der Waals surface area contributed by atoms with Gasteiger partial charge >= 0.3 is 0 Å². The van der Waals surface area contributed by atoms with Gasteiger partial charge in [-0.25, -0.2) is 4.68 Å². The van der Waals surface area contributed by atoms with Crippen LogP contribution >= 0.6 is 0 Å². The van der Waals surface area contributed by atoms with Crippen molar-refractivity contribution in [3.05, 3.63) is 82.7 Å². The van der Waals surface area contributed by atoms with E-state index in [-0.39, 0.29) is 6.04 Å². The monoisotopic (exact) mass is 361 g/mol. The number of ketones is 1. The van der Waals surface area contributed by atoms with Crippen molar-refractivity contribution in [1.29, 1.82) is 0 Å². The zero-order valence-corrected chi connectivity index (χ0v) is 16.0. The van der Waals surface area contributed by atoms with E-state index in [4.69, 9.17) is 0 Å². The van der Waals surface area contributed by atoms with Crippen molar-refractivity contribution >= 4 is 11.7 Å². The van der Waals surface area contributed by atoms with Crippen molar-refractivity contribution in [2.24, 2.45) is 0 Å². The second-order valence-electron chi connectivity index (χ2n) is 6.67. The average molecular weight is 361 g/mol. The van der Waals surface area contributed by atoms with Crippen LogP contribution in [-0.4, -0.2) is 21.5 Å². The van der Waals surface area contributed by atoms with E-state index in [1.165, 1.54) is 0 Å². The first kappa shape index (κ1) is 18.6. The molecular formula is C22H23N3O2. The van der Waals surface area contributed by atoms with E-state index in [9.17, 15) is 9.59 Å². The number of nitrogens with one attached hydrogen (secondary N) is 1. The van der Waals surface area contributed by atoms with Gasteiger partial charge in [0.1, 0.15) is 0 Å². The van der Waals surface area contributed by atoms with Crippen molar-refractivity contribution in [2.45, 2.75) is 33.7 Å². The molecule has 3 rings (SSSR count). The Balaban J connectivity index is 1.85. The number of para-hydroxylation sites is 1. The summed E-state index contributed by atoms with van der Waals surface area (Å²) < 4.78 is 1.70. The lowest BCUT2D eigenvalue weighted by Gasteiger charge is -2.16. The van der Waals surface area contributed by atoms with Crippen LogP contribution in [-0.2, 0) is 4.79 Å². The molecule has 2 aromatic carbocycles. The Morgan fingerprint density at radius 3 is 2.26 bits per heavy atom. The highest BCUT2D eigenvalue weighted by Crippen LogP contribution is 2.20. The minimum Gasteiger partial charge on any atom is -0.343 e. The maximum atomic E-state index is 12.8. The first-order valence-corrected chi connectivity index (χ1v) is 8.92. The molecule has 0 aliphatic heterocycles. The van der Waals surface area contributed by atoms with Gasteiger partial charge in [-0.15, -0.1) is 0 Å². The summed E-state index contributed by atoms with van der Waals surface area (Å²) >= 11 is 0. The van der Waals surface area contributed by atoms with E-state index in [0.29, 0.717) is 17.0 Å². The highest BCUT2D eigenvalue weighted by atomic mass is 16.2. The van der Waals surface area contributed by atoms with Gasteiger partial charge in [0.15, 0.2) is 0 Å². The van der Waals surface area contributed by atoms with Gasteiger partial charge in [-0.05, 0) is 51.0 Å². The summed E-state index contributed by atoms with van der Waals surface area (Å²) in [4.78, 5) is 25.4. The minimum atomic E-state index is -0.621. The lowest BCUT2D eigenvalue weighted by Crippen LogP contribution is -2.34. The SMILES string of the molecule is Cc1ccccc1[C@@H](C)NC(=O)C(=O)c1c(C)nn(-c2ccccc2)c1C. The zero-order valence-electron chi connectivity index (χ0n) is 16.0. The molecule has 3 aromatic rings. The topological polar surface area (TPSA) is 64.0 Å². The van der Waals surface area contributed by atoms with Crippen LogP contribution in [0.3, 0.4) is 0 Å². The summed E-state index contributed by atoms with van der Waals surface area (Å²) in [6.07, 6.45) is 0. The predicted molar refractivity (Wildman–Crippen MR) is 105 cm³/mol. The fourth-order valence-electron chi connectivity index (χ4n) is 3.32. The summed E-state index contributed by atoms with van der Waals surface area (Å²) in [5.41, 5.74) is 4.47. The van der Waals surface area contributed by atoms with Crippen molar-refractivity contribution in [3.63, 3.8) is 0 Å². The fourth-order valence-corrected chi connectivity index (χ4v) is 3.32. The number of aromatic nitrogens is 2. The molecule has 138 valence electrons. The molecular weight excluding hydrogens is 338 g/mol. The van der Waals surface area contributed by atoms with Gasteiger partial charge in [-0.2, -0.15) is 5.10 Å². The largest absolute Gasteiger partial charge is 0.343 e. The van der Waals surface area contributed by atoms with E-state index in [1.807, 2.05) is 68.4 Å². The molecule has 1 amide bonds.